The first-order valence-electron chi connectivity index (χ1n) is 7.71. The summed E-state index contributed by atoms with van der Waals surface area (Å²) in [6, 6.07) is 9.57. The first-order valence-corrected chi connectivity index (χ1v) is 7.71. The zero-order valence-corrected chi connectivity index (χ0v) is 13.2. The highest BCUT2D eigenvalue weighted by Crippen LogP contribution is 2.11. The number of benzene rings is 1. The van der Waals surface area contributed by atoms with E-state index in [0.29, 0.717) is 38.2 Å². The van der Waals surface area contributed by atoms with Crippen LogP contribution in [0.25, 0.3) is 0 Å². The molecule has 1 aliphatic rings. The number of nitrogens with zero attached hydrogens (tertiary/aromatic N) is 2. The van der Waals surface area contributed by atoms with Gasteiger partial charge in [-0.05, 0) is 31.5 Å². The number of morpholine rings is 1. The molecule has 2 atom stereocenters. The SMILES string of the molecule is C[C@H]1CN(C(=O)CCNCc2ccc(C#N)cc2)C[C@H](C)O1. The quantitative estimate of drug-likeness (QED) is 0.840. The monoisotopic (exact) mass is 301 g/mol. The second-order valence-corrected chi connectivity index (χ2v) is 5.79. The highest BCUT2D eigenvalue weighted by molar-refractivity contribution is 5.76. The zero-order valence-electron chi connectivity index (χ0n) is 13.2. The molecule has 1 heterocycles. The number of nitrogens with one attached hydrogen (secondary N) is 1. The van der Waals surface area contributed by atoms with Gasteiger partial charge in [0.2, 0.25) is 5.91 Å². The summed E-state index contributed by atoms with van der Waals surface area (Å²) >= 11 is 0. The van der Waals surface area contributed by atoms with Crippen molar-refractivity contribution >= 4 is 5.91 Å². The lowest BCUT2D eigenvalue weighted by Crippen LogP contribution is -2.48. The van der Waals surface area contributed by atoms with Gasteiger partial charge >= 0.3 is 0 Å². The zero-order chi connectivity index (χ0) is 15.9. The van der Waals surface area contributed by atoms with Crippen molar-refractivity contribution in [3.8, 4) is 6.07 Å². The van der Waals surface area contributed by atoms with Crippen molar-refractivity contribution in [2.45, 2.75) is 39.0 Å². The molecule has 0 spiro atoms. The van der Waals surface area contributed by atoms with Gasteiger partial charge in [0.1, 0.15) is 0 Å². The Hall–Kier alpha value is -1.90. The summed E-state index contributed by atoms with van der Waals surface area (Å²) < 4.78 is 5.64. The van der Waals surface area contributed by atoms with Crippen LogP contribution in [0.1, 0.15) is 31.4 Å². The van der Waals surface area contributed by atoms with Crippen molar-refractivity contribution < 1.29 is 9.53 Å². The summed E-state index contributed by atoms with van der Waals surface area (Å²) in [5.74, 6) is 0.175. The standard InChI is InChI=1S/C17H23N3O2/c1-13-11-20(12-14(2)22-13)17(21)7-8-19-10-16-5-3-15(9-18)4-6-16/h3-6,13-14,19H,7-8,10-12H2,1-2H3/t13-,14-/m0/s1. The number of rotatable bonds is 5. The van der Waals surface area contributed by atoms with Crippen LogP contribution in [0, 0.1) is 11.3 Å². The molecule has 5 heteroatoms. The third-order valence-electron chi connectivity index (χ3n) is 3.70. The van der Waals surface area contributed by atoms with E-state index in [1.54, 1.807) is 12.1 Å². The first kappa shape index (κ1) is 16.5. The molecule has 1 saturated heterocycles. The van der Waals surface area contributed by atoms with E-state index in [-0.39, 0.29) is 18.1 Å². The highest BCUT2D eigenvalue weighted by atomic mass is 16.5. The third-order valence-corrected chi connectivity index (χ3v) is 3.70. The van der Waals surface area contributed by atoms with Crippen molar-refractivity contribution in [1.82, 2.24) is 10.2 Å². The average Bonchev–Trinajstić information content (AvgIpc) is 2.51. The summed E-state index contributed by atoms with van der Waals surface area (Å²) in [5.41, 5.74) is 1.77. The van der Waals surface area contributed by atoms with E-state index in [9.17, 15) is 4.79 Å². The van der Waals surface area contributed by atoms with Gasteiger partial charge in [0.05, 0.1) is 23.8 Å². The van der Waals surface area contributed by atoms with E-state index in [1.165, 1.54) is 0 Å². The van der Waals surface area contributed by atoms with E-state index < -0.39 is 0 Å². The van der Waals surface area contributed by atoms with E-state index >= 15 is 0 Å². The van der Waals surface area contributed by atoms with Gasteiger partial charge < -0.3 is 15.0 Å². The fourth-order valence-corrected chi connectivity index (χ4v) is 2.66. The Morgan fingerprint density at radius 2 is 1.95 bits per heavy atom. The summed E-state index contributed by atoms with van der Waals surface area (Å²) in [7, 11) is 0. The van der Waals surface area contributed by atoms with Crippen LogP contribution in [0.2, 0.25) is 0 Å². The van der Waals surface area contributed by atoms with Crippen LogP contribution in [0.15, 0.2) is 24.3 Å². The Kier molecular flexibility index (Phi) is 5.93. The van der Waals surface area contributed by atoms with Crippen LogP contribution >= 0.6 is 0 Å². The molecule has 0 radical (unpaired) electrons. The van der Waals surface area contributed by atoms with Crippen molar-refractivity contribution in [1.29, 1.82) is 5.26 Å². The molecule has 1 amide bonds. The van der Waals surface area contributed by atoms with Gasteiger partial charge in [-0.15, -0.1) is 0 Å². The normalized spacial score (nSPS) is 21.4. The smallest absolute Gasteiger partial charge is 0.224 e. The molecular formula is C17H23N3O2. The van der Waals surface area contributed by atoms with Gasteiger partial charge in [0.15, 0.2) is 0 Å². The largest absolute Gasteiger partial charge is 0.372 e. The maximum atomic E-state index is 12.2. The van der Waals surface area contributed by atoms with E-state index in [4.69, 9.17) is 10.00 Å². The van der Waals surface area contributed by atoms with E-state index in [1.807, 2.05) is 30.9 Å². The summed E-state index contributed by atoms with van der Waals surface area (Å²) in [5, 5.41) is 12.0. The van der Waals surface area contributed by atoms with Crippen molar-refractivity contribution in [2.75, 3.05) is 19.6 Å². The van der Waals surface area contributed by atoms with Crippen molar-refractivity contribution in [3.63, 3.8) is 0 Å². The molecule has 22 heavy (non-hydrogen) atoms. The second-order valence-electron chi connectivity index (χ2n) is 5.79. The minimum absolute atomic E-state index is 0.110. The number of ether oxygens (including phenoxy) is 1. The van der Waals surface area contributed by atoms with Crippen LogP contribution < -0.4 is 5.32 Å². The Bertz CT molecular complexity index is 526. The first-order chi connectivity index (χ1) is 10.6. The number of amides is 1. The maximum absolute atomic E-state index is 12.2. The fourth-order valence-electron chi connectivity index (χ4n) is 2.66. The second kappa shape index (κ2) is 7.92. The number of hydrogen-bond acceptors (Lipinski definition) is 4. The lowest BCUT2D eigenvalue weighted by atomic mass is 10.1. The van der Waals surface area contributed by atoms with Crippen LogP contribution in [0.5, 0.6) is 0 Å². The van der Waals surface area contributed by atoms with Crippen LogP contribution in [0.4, 0.5) is 0 Å². The topological polar surface area (TPSA) is 65.4 Å². The summed E-state index contributed by atoms with van der Waals surface area (Å²) in [6.07, 6.45) is 0.717. The van der Waals surface area contributed by atoms with Crippen LogP contribution in [0.3, 0.4) is 0 Å². The lowest BCUT2D eigenvalue weighted by molar-refractivity contribution is -0.143. The number of carbonyl (C=O) groups excluding carboxylic acids is 1. The molecule has 1 aliphatic heterocycles. The lowest BCUT2D eigenvalue weighted by Gasteiger charge is -2.35. The van der Waals surface area contributed by atoms with E-state index in [2.05, 4.69) is 11.4 Å². The predicted octanol–water partition coefficient (Wildman–Crippen LogP) is 1.67. The molecule has 0 aliphatic carbocycles. The van der Waals surface area contributed by atoms with Gasteiger partial charge in [0, 0.05) is 32.6 Å². The molecule has 0 aromatic heterocycles. The van der Waals surface area contributed by atoms with Crippen LogP contribution in [-0.4, -0.2) is 42.6 Å². The molecule has 5 nitrogen and oxygen atoms in total. The number of nitriles is 1. The minimum Gasteiger partial charge on any atom is -0.372 e. The van der Waals surface area contributed by atoms with E-state index in [0.717, 1.165) is 5.56 Å². The molecule has 118 valence electrons. The van der Waals surface area contributed by atoms with Crippen molar-refractivity contribution in [2.24, 2.45) is 0 Å². The molecule has 0 bridgehead atoms. The Labute approximate surface area is 131 Å². The van der Waals surface area contributed by atoms with Gasteiger partial charge in [-0.1, -0.05) is 12.1 Å². The fraction of sp³-hybridized carbons (Fsp3) is 0.529. The molecule has 0 unspecified atom stereocenters. The average molecular weight is 301 g/mol. The minimum atomic E-state index is 0.110. The maximum Gasteiger partial charge on any atom is 0.224 e. The Morgan fingerprint density at radius 3 is 2.55 bits per heavy atom. The van der Waals surface area contributed by atoms with Crippen molar-refractivity contribution in [3.05, 3.63) is 35.4 Å². The molecule has 1 fully saturated rings. The highest BCUT2D eigenvalue weighted by Gasteiger charge is 2.25. The number of hydrogen-bond donors (Lipinski definition) is 1. The molecule has 0 saturated carbocycles. The number of carbonyl (C=O) groups is 1. The Balaban J connectivity index is 1.69. The molecule has 1 aromatic carbocycles. The van der Waals surface area contributed by atoms with Crippen LogP contribution in [-0.2, 0) is 16.1 Å². The van der Waals surface area contributed by atoms with Gasteiger partial charge in [-0.3, -0.25) is 4.79 Å². The molecule has 1 aromatic rings. The van der Waals surface area contributed by atoms with Gasteiger partial charge in [0.25, 0.3) is 0 Å². The molecule has 2 rings (SSSR count). The third kappa shape index (κ3) is 4.83. The summed E-state index contributed by atoms with van der Waals surface area (Å²) in [6.45, 7) is 6.71. The molecule has 1 N–H and O–H groups in total. The Morgan fingerprint density at radius 1 is 1.32 bits per heavy atom. The molecular weight excluding hydrogens is 278 g/mol. The predicted molar refractivity (Wildman–Crippen MR) is 84.1 cm³/mol. The van der Waals surface area contributed by atoms with Gasteiger partial charge in [-0.2, -0.15) is 5.26 Å². The summed E-state index contributed by atoms with van der Waals surface area (Å²) in [4.78, 5) is 14.1. The van der Waals surface area contributed by atoms with Gasteiger partial charge in [-0.25, -0.2) is 0 Å².